The molecule has 0 atom stereocenters. The van der Waals surface area contributed by atoms with E-state index < -0.39 is 0 Å². The van der Waals surface area contributed by atoms with Gasteiger partial charge in [-0.25, -0.2) is 12.2 Å². The number of hydrogen-bond acceptors (Lipinski definition) is 1. The normalized spacial score (nSPS) is 17.2. The smallest absolute Gasteiger partial charge is 1.00 e. The Hall–Kier alpha value is 0.617. The topological polar surface area (TPSA) is 40.9 Å². The molecule has 2 aliphatic rings. The molecule has 2 aliphatic carbocycles. The second-order valence-electron chi connectivity index (χ2n) is 6.40. The molecule has 0 aromatic carbocycles. The molecule has 0 aliphatic heterocycles. The van der Waals surface area contributed by atoms with E-state index in [0.29, 0.717) is 0 Å². The average Bonchev–Trinajstić information content (AvgIpc) is 3.08. The predicted molar refractivity (Wildman–Crippen MR) is 104 cm³/mol. The Bertz CT molecular complexity index is 320. The van der Waals surface area contributed by atoms with Gasteiger partial charge in [-0.2, -0.15) is 6.08 Å². The first-order valence-corrected chi connectivity index (χ1v) is 11.7. The zero-order chi connectivity index (χ0) is 17.2. The Labute approximate surface area is 196 Å². The van der Waals surface area contributed by atoms with Crippen molar-refractivity contribution >= 4 is 15.4 Å². The van der Waals surface area contributed by atoms with Crippen molar-refractivity contribution in [2.75, 3.05) is 0 Å². The molecule has 0 saturated heterocycles. The van der Waals surface area contributed by atoms with E-state index in [-0.39, 0.29) is 62.5 Å². The Kier molecular flexibility index (Phi) is 36.6. The maximum atomic E-state index is 11.1. The molecule has 1 N–H and O–H groups in total. The molecule has 1 fully saturated rings. The summed E-state index contributed by atoms with van der Waals surface area (Å²) in [5.41, 5.74) is 7.23. The third kappa shape index (κ3) is 24.6. The summed E-state index contributed by atoms with van der Waals surface area (Å²) in [7, 11) is 0.750. The number of allylic oxidation sites excluding steroid dienone is 4. The van der Waals surface area contributed by atoms with Crippen LogP contribution in [0.25, 0.3) is 5.73 Å². The first kappa shape index (κ1) is 34.1. The van der Waals surface area contributed by atoms with Gasteiger partial charge in [0.25, 0.3) is 0 Å². The molecule has 0 aromatic heterocycles. The molecule has 6 heteroatoms. The van der Waals surface area contributed by atoms with Gasteiger partial charge >= 0.3 is 25.8 Å². The van der Waals surface area contributed by atoms with E-state index in [1.807, 2.05) is 12.2 Å². The maximum absolute atomic E-state index is 11.1. The van der Waals surface area contributed by atoms with Gasteiger partial charge in [0, 0.05) is 15.4 Å². The van der Waals surface area contributed by atoms with Crippen molar-refractivity contribution in [2.24, 2.45) is 5.92 Å². The summed E-state index contributed by atoms with van der Waals surface area (Å²) in [4.78, 5) is 11.1. The molecule has 0 unspecified atom stereocenters. The summed E-state index contributed by atoms with van der Waals surface area (Å²) in [6.45, 7) is 4.42. The summed E-state index contributed by atoms with van der Waals surface area (Å²) in [6.07, 6.45) is 23.5. The third-order valence-electron chi connectivity index (χ3n) is 4.06. The van der Waals surface area contributed by atoms with Crippen LogP contribution in [-0.2, 0) is 30.6 Å². The van der Waals surface area contributed by atoms with Crippen LogP contribution in [0.5, 0.6) is 0 Å². The first-order valence-electron chi connectivity index (χ1n) is 9.43. The molecule has 1 radical (unpaired) electrons. The number of rotatable bonds is 1. The minimum absolute atomic E-state index is 0. The van der Waals surface area contributed by atoms with Crippen molar-refractivity contribution < 1.29 is 55.5 Å². The Morgan fingerprint density at radius 3 is 1.54 bits per heavy atom. The molecule has 2 rings (SSSR count). The maximum Gasteiger partial charge on any atom is 4.00 e. The Morgan fingerprint density at radius 2 is 1.31 bits per heavy atom. The predicted octanol–water partition coefficient (Wildman–Crippen LogP) is 0.316. The number of halogens is 2. The van der Waals surface area contributed by atoms with Gasteiger partial charge in [-0.05, 0) is 12.8 Å². The van der Waals surface area contributed by atoms with E-state index in [0.717, 1.165) is 41.6 Å². The van der Waals surface area contributed by atoms with Crippen molar-refractivity contribution in [2.45, 2.75) is 90.1 Å². The fourth-order valence-electron chi connectivity index (χ4n) is 2.77. The van der Waals surface area contributed by atoms with Crippen LogP contribution in [0.1, 0.15) is 77.0 Å². The monoisotopic (exact) mass is 584 g/mol. The zero-order valence-electron chi connectivity index (χ0n) is 16.5. The van der Waals surface area contributed by atoms with Gasteiger partial charge in [0.05, 0.1) is 5.91 Å². The molecule has 149 valence electrons. The molecule has 0 bridgehead atoms. The quantitative estimate of drug-likeness (QED) is 0.324. The van der Waals surface area contributed by atoms with E-state index in [4.69, 9.17) is 5.73 Å². The van der Waals surface area contributed by atoms with Crippen molar-refractivity contribution in [1.82, 2.24) is 0 Å². The molecular formula is C20H36Cl2HfNOSi. The average molecular weight is 584 g/mol. The van der Waals surface area contributed by atoms with Crippen LogP contribution in [0.4, 0.5) is 0 Å². The molecular weight excluding hydrogens is 548 g/mol. The summed E-state index contributed by atoms with van der Waals surface area (Å²) in [5.74, 6) is -0.281. The van der Waals surface area contributed by atoms with E-state index in [1.165, 1.54) is 44.9 Å². The molecule has 0 heterocycles. The standard InChI is InChI=1S/C13H25NO.C5H5.C2H7Si.2ClH.Hf/c14-13(15)12-10-8-6-4-2-1-3-5-7-9-11-12;1-2-4-5-3-1;1-3-2;;;/h12H,1-11H2,(H2,14,15);1-3H,4H2;3H,1-2H3;2*1H;/q;-1;;;;+4/p-3. The molecule has 0 spiro atoms. The van der Waals surface area contributed by atoms with Gasteiger partial charge in [-0.1, -0.05) is 70.9 Å². The summed E-state index contributed by atoms with van der Waals surface area (Å²) in [5, 5.41) is 0. The van der Waals surface area contributed by atoms with Gasteiger partial charge in [0.2, 0.25) is 0 Å². The van der Waals surface area contributed by atoms with E-state index in [1.54, 1.807) is 0 Å². The van der Waals surface area contributed by atoms with Crippen molar-refractivity contribution in [3.05, 3.63) is 30.0 Å². The Balaban J connectivity index is -0.000000186. The third-order valence-corrected chi connectivity index (χ3v) is 4.06. The Morgan fingerprint density at radius 1 is 0.923 bits per heavy atom. The van der Waals surface area contributed by atoms with Crippen LogP contribution in [0, 0.1) is 12.0 Å². The SMILES string of the molecule is C[SiH]C.[C-]1=CC=CC1.[Cl-].[Cl-].[Hf+4].[NH-]C(=O)C1CCCCCCCCCCC1. The first-order chi connectivity index (χ1) is 11.2. The number of hydrogen-bond donors (Lipinski definition) is 0. The van der Waals surface area contributed by atoms with Crippen LogP contribution in [0.15, 0.2) is 18.2 Å². The molecule has 1 saturated carbocycles. The molecule has 2 nitrogen and oxygen atoms in total. The van der Waals surface area contributed by atoms with E-state index in [9.17, 15) is 4.79 Å². The van der Waals surface area contributed by atoms with Crippen molar-refractivity contribution in [3.63, 3.8) is 0 Å². The van der Waals surface area contributed by atoms with Gasteiger partial charge in [0.1, 0.15) is 0 Å². The van der Waals surface area contributed by atoms with Crippen LogP contribution in [0.3, 0.4) is 0 Å². The van der Waals surface area contributed by atoms with Crippen LogP contribution in [-0.4, -0.2) is 15.4 Å². The molecule has 1 amide bonds. The van der Waals surface area contributed by atoms with Gasteiger partial charge in [0.15, 0.2) is 0 Å². The molecule has 26 heavy (non-hydrogen) atoms. The van der Waals surface area contributed by atoms with E-state index >= 15 is 0 Å². The van der Waals surface area contributed by atoms with Gasteiger partial charge < -0.3 is 35.3 Å². The minimum atomic E-state index is -0.327. The molecule has 0 aromatic rings. The van der Waals surface area contributed by atoms with Crippen molar-refractivity contribution in [1.29, 1.82) is 0 Å². The van der Waals surface area contributed by atoms with Crippen LogP contribution >= 0.6 is 0 Å². The largest absolute Gasteiger partial charge is 4.00 e. The van der Waals surface area contributed by atoms with Crippen molar-refractivity contribution in [3.8, 4) is 0 Å². The summed E-state index contributed by atoms with van der Waals surface area (Å²) < 4.78 is 0. The van der Waals surface area contributed by atoms with Gasteiger partial charge in [-0.3, -0.25) is 6.08 Å². The fourth-order valence-corrected chi connectivity index (χ4v) is 2.77. The number of nitrogens with one attached hydrogen (secondary N) is 1. The minimum Gasteiger partial charge on any atom is -1.00 e. The summed E-state index contributed by atoms with van der Waals surface area (Å²) >= 11 is 0. The number of carbonyl (C=O) groups is 1. The summed E-state index contributed by atoms with van der Waals surface area (Å²) in [6, 6.07) is 0. The van der Waals surface area contributed by atoms with Crippen LogP contribution in [0.2, 0.25) is 13.1 Å². The van der Waals surface area contributed by atoms with Crippen LogP contribution < -0.4 is 24.8 Å². The number of carbonyl (C=O) groups excluding carboxylic acids is 1. The number of amides is 1. The zero-order valence-corrected chi connectivity index (χ0v) is 22.8. The second-order valence-corrected chi connectivity index (χ2v) is 7.56. The van der Waals surface area contributed by atoms with Gasteiger partial charge in [-0.15, -0.1) is 6.42 Å². The van der Waals surface area contributed by atoms with E-state index in [2.05, 4.69) is 25.2 Å². The fraction of sp³-hybridized carbons (Fsp3) is 0.750. The second kappa shape index (κ2) is 27.8.